The quantitative estimate of drug-likeness (QED) is 0.489. The van der Waals surface area contributed by atoms with Crippen molar-refractivity contribution in [2.75, 3.05) is 6.54 Å². The van der Waals surface area contributed by atoms with Crippen LogP contribution in [0.2, 0.25) is 0 Å². The average molecular weight is 171 g/mol. The van der Waals surface area contributed by atoms with Crippen LogP contribution < -0.4 is 5.32 Å². The second-order valence-corrected chi connectivity index (χ2v) is 3.93. The molecular formula is C9H17NS. The van der Waals surface area contributed by atoms with Gasteiger partial charge in [-0.15, -0.1) is 6.58 Å². The number of rotatable bonds is 3. The van der Waals surface area contributed by atoms with Gasteiger partial charge in [-0.05, 0) is 25.7 Å². The fraction of sp³-hybridized carbons (Fsp3) is 0.778. The van der Waals surface area contributed by atoms with Gasteiger partial charge in [-0.3, -0.25) is 0 Å². The van der Waals surface area contributed by atoms with Crippen LogP contribution in [0.1, 0.15) is 25.7 Å². The second kappa shape index (κ2) is 4.83. The van der Waals surface area contributed by atoms with Gasteiger partial charge in [0.1, 0.15) is 0 Å². The molecule has 1 nitrogen and oxygen atoms in total. The van der Waals surface area contributed by atoms with Gasteiger partial charge in [-0.1, -0.05) is 6.08 Å². The molecule has 1 fully saturated rings. The first-order chi connectivity index (χ1) is 5.33. The maximum Gasteiger partial charge on any atom is 0.0134 e. The van der Waals surface area contributed by atoms with Crippen molar-refractivity contribution < 1.29 is 0 Å². The lowest BCUT2D eigenvalue weighted by atomic mass is 9.95. The molecule has 0 aliphatic heterocycles. The van der Waals surface area contributed by atoms with Crippen LogP contribution in [0.4, 0.5) is 0 Å². The number of hydrogen-bond acceptors (Lipinski definition) is 2. The summed E-state index contributed by atoms with van der Waals surface area (Å²) in [6.07, 6.45) is 7.01. The fourth-order valence-electron chi connectivity index (χ4n) is 1.53. The van der Waals surface area contributed by atoms with Gasteiger partial charge in [0.25, 0.3) is 0 Å². The second-order valence-electron chi connectivity index (χ2n) is 3.20. The summed E-state index contributed by atoms with van der Waals surface area (Å²) in [6.45, 7) is 4.63. The summed E-state index contributed by atoms with van der Waals surface area (Å²) < 4.78 is 0. The Kier molecular flexibility index (Phi) is 4.02. The van der Waals surface area contributed by atoms with Crippen molar-refractivity contribution in [1.82, 2.24) is 5.32 Å². The van der Waals surface area contributed by atoms with Crippen LogP contribution in [0, 0.1) is 0 Å². The van der Waals surface area contributed by atoms with E-state index in [9.17, 15) is 0 Å². The van der Waals surface area contributed by atoms with E-state index in [1.165, 1.54) is 25.7 Å². The van der Waals surface area contributed by atoms with Crippen molar-refractivity contribution in [3.63, 3.8) is 0 Å². The molecule has 1 aliphatic carbocycles. The molecule has 1 rings (SSSR count). The van der Waals surface area contributed by atoms with Crippen LogP contribution in [-0.2, 0) is 0 Å². The lowest BCUT2D eigenvalue weighted by Crippen LogP contribution is -2.33. The van der Waals surface area contributed by atoms with E-state index >= 15 is 0 Å². The molecule has 0 radical (unpaired) electrons. The number of nitrogens with one attached hydrogen (secondary N) is 1. The molecule has 0 aromatic heterocycles. The standard InChI is InChI=1S/C9H17NS/c1-2-7-10-8-3-5-9(11)6-4-8/h2,8-11H,1,3-7H2. The van der Waals surface area contributed by atoms with E-state index in [0.29, 0.717) is 5.25 Å². The molecule has 0 amide bonds. The molecule has 11 heavy (non-hydrogen) atoms. The van der Waals surface area contributed by atoms with Crippen LogP contribution in [0.25, 0.3) is 0 Å². The molecule has 0 aromatic rings. The highest BCUT2D eigenvalue weighted by atomic mass is 32.1. The average Bonchev–Trinajstić information content (AvgIpc) is 2.04. The minimum atomic E-state index is 0.650. The Hall–Kier alpha value is 0.0500. The van der Waals surface area contributed by atoms with Gasteiger partial charge in [0.2, 0.25) is 0 Å². The molecule has 0 saturated heterocycles. The summed E-state index contributed by atoms with van der Waals surface area (Å²) in [4.78, 5) is 0. The van der Waals surface area contributed by atoms with Crippen LogP contribution in [0.3, 0.4) is 0 Å². The van der Waals surface area contributed by atoms with E-state index in [0.717, 1.165) is 12.6 Å². The summed E-state index contributed by atoms with van der Waals surface area (Å²) >= 11 is 4.45. The summed E-state index contributed by atoms with van der Waals surface area (Å²) in [6, 6.07) is 0.719. The van der Waals surface area contributed by atoms with Crippen LogP contribution in [0.5, 0.6) is 0 Å². The Balaban J connectivity index is 2.12. The molecule has 1 aliphatic rings. The molecule has 0 heterocycles. The maximum absolute atomic E-state index is 4.45. The van der Waals surface area contributed by atoms with Gasteiger partial charge in [-0.25, -0.2) is 0 Å². The number of thiol groups is 1. The van der Waals surface area contributed by atoms with E-state index in [2.05, 4.69) is 24.5 Å². The zero-order valence-corrected chi connectivity index (χ0v) is 7.82. The first-order valence-corrected chi connectivity index (χ1v) is 4.87. The molecule has 0 aromatic carbocycles. The molecule has 0 unspecified atom stereocenters. The monoisotopic (exact) mass is 171 g/mol. The SMILES string of the molecule is C=CCNC1CCC(S)CC1. The topological polar surface area (TPSA) is 12.0 Å². The van der Waals surface area contributed by atoms with Gasteiger partial charge in [0.05, 0.1) is 0 Å². The predicted molar refractivity (Wildman–Crippen MR) is 53.2 cm³/mol. The Morgan fingerprint density at radius 1 is 1.36 bits per heavy atom. The highest BCUT2D eigenvalue weighted by Gasteiger charge is 2.17. The summed E-state index contributed by atoms with van der Waals surface area (Å²) in [5.74, 6) is 0. The van der Waals surface area contributed by atoms with Crippen molar-refractivity contribution in [2.24, 2.45) is 0 Å². The number of hydrogen-bond donors (Lipinski definition) is 2. The van der Waals surface area contributed by atoms with Gasteiger partial charge < -0.3 is 5.32 Å². The van der Waals surface area contributed by atoms with E-state index < -0.39 is 0 Å². The van der Waals surface area contributed by atoms with E-state index in [1.807, 2.05) is 6.08 Å². The van der Waals surface area contributed by atoms with Crippen molar-refractivity contribution >= 4 is 12.6 Å². The molecule has 0 spiro atoms. The summed E-state index contributed by atoms with van der Waals surface area (Å²) in [5.41, 5.74) is 0. The van der Waals surface area contributed by atoms with E-state index in [4.69, 9.17) is 0 Å². The smallest absolute Gasteiger partial charge is 0.0134 e. The predicted octanol–water partition coefficient (Wildman–Crippen LogP) is 2.00. The molecule has 0 atom stereocenters. The molecule has 64 valence electrons. The van der Waals surface area contributed by atoms with Gasteiger partial charge in [-0.2, -0.15) is 12.6 Å². The van der Waals surface area contributed by atoms with E-state index in [1.54, 1.807) is 0 Å². The van der Waals surface area contributed by atoms with Crippen LogP contribution in [-0.4, -0.2) is 17.8 Å². The first-order valence-electron chi connectivity index (χ1n) is 4.35. The van der Waals surface area contributed by atoms with Crippen molar-refractivity contribution in [2.45, 2.75) is 37.0 Å². The van der Waals surface area contributed by atoms with Gasteiger partial charge >= 0.3 is 0 Å². The fourth-order valence-corrected chi connectivity index (χ4v) is 1.83. The maximum atomic E-state index is 4.45. The third-order valence-corrected chi connectivity index (χ3v) is 2.76. The van der Waals surface area contributed by atoms with Gasteiger partial charge in [0, 0.05) is 17.8 Å². The minimum Gasteiger partial charge on any atom is -0.311 e. The molecule has 2 heteroatoms. The largest absolute Gasteiger partial charge is 0.311 e. The molecule has 1 N–H and O–H groups in total. The third-order valence-electron chi connectivity index (χ3n) is 2.25. The van der Waals surface area contributed by atoms with Crippen molar-refractivity contribution in [3.8, 4) is 0 Å². The Morgan fingerprint density at radius 3 is 2.55 bits per heavy atom. The normalized spacial score (nSPS) is 31.7. The third kappa shape index (κ3) is 3.30. The zero-order valence-electron chi connectivity index (χ0n) is 6.92. The van der Waals surface area contributed by atoms with Crippen LogP contribution >= 0.6 is 12.6 Å². The van der Waals surface area contributed by atoms with E-state index in [-0.39, 0.29) is 0 Å². The Labute approximate surface area is 74.7 Å². The summed E-state index contributed by atoms with van der Waals surface area (Å²) in [5, 5.41) is 4.09. The van der Waals surface area contributed by atoms with Crippen LogP contribution in [0.15, 0.2) is 12.7 Å². The lowest BCUT2D eigenvalue weighted by Gasteiger charge is -2.25. The highest BCUT2D eigenvalue weighted by molar-refractivity contribution is 7.80. The Bertz CT molecular complexity index is 117. The lowest BCUT2D eigenvalue weighted by molar-refractivity contribution is 0.393. The van der Waals surface area contributed by atoms with Gasteiger partial charge in [0.15, 0.2) is 0 Å². The van der Waals surface area contributed by atoms with Crippen molar-refractivity contribution in [3.05, 3.63) is 12.7 Å². The highest BCUT2D eigenvalue weighted by Crippen LogP contribution is 2.22. The Morgan fingerprint density at radius 2 is 2.00 bits per heavy atom. The minimum absolute atomic E-state index is 0.650. The molecule has 1 saturated carbocycles. The first kappa shape index (κ1) is 9.14. The van der Waals surface area contributed by atoms with Crippen molar-refractivity contribution in [1.29, 1.82) is 0 Å². The summed E-state index contributed by atoms with van der Waals surface area (Å²) in [7, 11) is 0. The molecular weight excluding hydrogens is 154 g/mol. The zero-order chi connectivity index (χ0) is 8.10. The molecule has 0 bridgehead atoms.